The predicted octanol–water partition coefficient (Wildman–Crippen LogP) is 3.71. The van der Waals surface area contributed by atoms with E-state index >= 15 is 0 Å². The van der Waals surface area contributed by atoms with E-state index in [4.69, 9.17) is 4.42 Å². The van der Waals surface area contributed by atoms with E-state index in [1.54, 1.807) is 17.2 Å². The number of carbonyl (C=O) groups is 2. The molecule has 1 heterocycles. The monoisotopic (exact) mass is 341 g/mol. The van der Waals surface area contributed by atoms with Gasteiger partial charge in [-0.2, -0.15) is 0 Å². The zero-order valence-corrected chi connectivity index (χ0v) is 14.4. The first-order chi connectivity index (χ1) is 12.2. The number of hydrogen-bond donors (Lipinski definition) is 0. The predicted molar refractivity (Wildman–Crippen MR) is 94.4 cm³/mol. The van der Waals surface area contributed by atoms with E-state index < -0.39 is 0 Å². The summed E-state index contributed by atoms with van der Waals surface area (Å²) in [6, 6.07) is 13.5. The van der Waals surface area contributed by atoms with Crippen molar-refractivity contribution in [1.82, 2.24) is 4.90 Å². The van der Waals surface area contributed by atoms with E-state index in [0.29, 0.717) is 25.9 Å². The maximum absolute atomic E-state index is 12.6. The van der Waals surface area contributed by atoms with Gasteiger partial charge in [-0.05, 0) is 24.1 Å². The van der Waals surface area contributed by atoms with Crippen molar-refractivity contribution in [2.45, 2.75) is 32.4 Å². The Morgan fingerprint density at radius 3 is 2.56 bits per heavy atom. The van der Waals surface area contributed by atoms with Crippen molar-refractivity contribution < 1.29 is 18.7 Å². The van der Waals surface area contributed by atoms with Crippen LogP contribution in [0.1, 0.15) is 30.6 Å². The van der Waals surface area contributed by atoms with Crippen LogP contribution in [0.2, 0.25) is 0 Å². The Balaban J connectivity index is 1.92. The molecule has 0 aliphatic rings. The number of carbonyl (C=O) groups excluding carboxylic acids is 2. The molecule has 25 heavy (non-hydrogen) atoms. The van der Waals surface area contributed by atoms with Gasteiger partial charge in [0.25, 0.3) is 0 Å². The number of hydrogen-bond acceptors (Lipinski definition) is 4. The smallest absolute Gasteiger partial charge is 0.305 e. The van der Waals surface area contributed by atoms with Gasteiger partial charge in [0.1, 0.15) is 5.76 Å². The molecule has 0 radical (unpaired) electrons. The fourth-order valence-electron chi connectivity index (χ4n) is 2.36. The summed E-state index contributed by atoms with van der Waals surface area (Å²) in [6.45, 7) is 0.951. The van der Waals surface area contributed by atoms with Gasteiger partial charge in [-0.1, -0.05) is 42.5 Å². The molecule has 2 aromatic rings. The summed E-state index contributed by atoms with van der Waals surface area (Å²) in [4.78, 5) is 25.4. The summed E-state index contributed by atoms with van der Waals surface area (Å²) in [7, 11) is 1.37. The molecule has 0 atom stereocenters. The molecule has 0 bridgehead atoms. The van der Waals surface area contributed by atoms with Crippen molar-refractivity contribution in [2.75, 3.05) is 7.11 Å². The summed E-state index contributed by atoms with van der Waals surface area (Å²) in [6.07, 6.45) is 6.41. The molecule has 0 spiro atoms. The summed E-state index contributed by atoms with van der Waals surface area (Å²) in [5.74, 6) is 0.507. The number of amides is 1. The van der Waals surface area contributed by atoms with Crippen LogP contribution in [0, 0.1) is 0 Å². The molecule has 0 unspecified atom stereocenters. The Kier molecular flexibility index (Phi) is 7.50. The van der Waals surface area contributed by atoms with Crippen LogP contribution < -0.4 is 0 Å². The maximum atomic E-state index is 12.6. The highest BCUT2D eigenvalue weighted by atomic mass is 16.5. The van der Waals surface area contributed by atoms with E-state index in [1.807, 2.05) is 48.5 Å². The molecule has 0 aliphatic heterocycles. The molecule has 0 aliphatic carbocycles. The zero-order chi connectivity index (χ0) is 17.9. The molecular formula is C20H23NO4. The third-order valence-corrected chi connectivity index (χ3v) is 3.70. The van der Waals surface area contributed by atoms with Gasteiger partial charge in [-0.25, -0.2) is 0 Å². The molecule has 5 heteroatoms. The van der Waals surface area contributed by atoms with Gasteiger partial charge >= 0.3 is 5.97 Å². The summed E-state index contributed by atoms with van der Waals surface area (Å²) >= 11 is 0. The van der Waals surface area contributed by atoms with Gasteiger partial charge in [0, 0.05) is 19.4 Å². The first-order valence-corrected chi connectivity index (χ1v) is 8.25. The second-order valence-corrected chi connectivity index (χ2v) is 5.61. The molecule has 0 N–H and O–H groups in total. The SMILES string of the molecule is COC(=O)CC/C=C\CC(=O)N(Cc1ccccc1)Cc1ccco1. The van der Waals surface area contributed by atoms with E-state index in [1.165, 1.54) is 7.11 Å². The van der Waals surface area contributed by atoms with Crippen LogP contribution in [0.15, 0.2) is 65.3 Å². The number of furan rings is 1. The molecule has 0 fully saturated rings. The molecule has 1 amide bonds. The van der Waals surface area contributed by atoms with Gasteiger partial charge in [0.05, 0.1) is 19.9 Å². The van der Waals surface area contributed by atoms with Crippen LogP contribution in [-0.4, -0.2) is 23.9 Å². The largest absolute Gasteiger partial charge is 0.469 e. The van der Waals surface area contributed by atoms with Crippen molar-refractivity contribution >= 4 is 11.9 Å². The lowest BCUT2D eigenvalue weighted by atomic mass is 10.2. The van der Waals surface area contributed by atoms with E-state index in [9.17, 15) is 9.59 Å². The molecule has 5 nitrogen and oxygen atoms in total. The molecule has 0 saturated carbocycles. The molecule has 132 valence electrons. The third-order valence-electron chi connectivity index (χ3n) is 3.70. The molecule has 2 rings (SSSR count). The van der Waals surface area contributed by atoms with E-state index in [0.717, 1.165) is 11.3 Å². The van der Waals surface area contributed by atoms with E-state index in [-0.39, 0.29) is 18.3 Å². The summed E-state index contributed by atoms with van der Waals surface area (Å²) < 4.78 is 9.95. The highest BCUT2D eigenvalue weighted by Crippen LogP contribution is 2.12. The number of rotatable bonds is 9. The van der Waals surface area contributed by atoms with Gasteiger partial charge in [-0.3, -0.25) is 9.59 Å². The van der Waals surface area contributed by atoms with Crippen molar-refractivity contribution in [3.63, 3.8) is 0 Å². The van der Waals surface area contributed by atoms with Crippen molar-refractivity contribution in [1.29, 1.82) is 0 Å². The normalized spacial score (nSPS) is 10.8. The lowest BCUT2D eigenvalue weighted by molar-refractivity contribution is -0.140. The highest BCUT2D eigenvalue weighted by Gasteiger charge is 2.14. The number of ether oxygens (including phenoxy) is 1. The van der Waals surface area contributed by atoms with Crippen LogP contribution >= 0.6 is 0 Å². The van der Waals surface area contributed by atoms with Crippen LogP contribution in [-0.2, 0) is 27.4 Å². The number of benzene rings is 1. The Morgan fingerprint density at radius 2 is 1.88 bits per heavy atom. The van der Waals surface area contributed by atoms with Crippen molar-refractivity contribution in [2.24, 2.45) is 0 Å². The Hall–Kier alpha value is -2.82. The van der Waals surface area contributed by atoms with Crippen LogP contribution in [0.3, 0.4) is 0 Å². The number of nitrogens with zero attached hydrogens (tertiary/aromatic N) is 1. The second kappa shape index (κ2) is 10.1. The quantitative estimate of drug-likeness (QED) is 0.515. The molecule has 1 aromatic heterocycles. The number of methoxy groups -OCH3 is 1. The van der Waals surface area contributed by atoms with Gasteiger partial charge < -0.3 is 14.1 Å². The first-order valence-electron chi connectivity index (χ1n) is 8.25. The second-order valence-electron chi connectivity index (χ2n) is 5.61. The average Bonchev–Trinajstić information content (AvgIpc) is 3.14. The van der Waals surface area contributed by atoms with Gasteiger partial charge in [0.2, 0.25) is 5.91 Å². The Bertz CT molecular complexity index is 677. The van der Waals surface area contributed by atoms with Crippen LogP contribution in [0.4, 0.5) is 0 Å². The van der Waals surface area contributed by atoms with Crippen LogP contribution in [0.25, 0.3) is 0 Å². The summed E-state index contributed by atoms with van der Waals surface area (Å²) in [5, 5.41) is 0. The topological polar surface area (TPSA) is 59.8 Å². The molecule has 0 saturated heterocycles. The minimum atomic E-state index is -0.250. The zero-order valence-electron chi connectivity index (χ0n) is 14.4. The highest BCUT2D eigenvalue weighted by molar-refractivity contribution is 5.77. The lowest BCUT2D eigenvalue weighted by Crippen LogP contribution is -2.29. The Labute approximate surface area is 147 Å². The fourth-order valence-corrected chi connectivity index (χ4v) is 2.36. The minimum Gasteiger partial charge on any atom is -0.469 e. The average molecular weight is 341 g/mol. The van der Waals surface area contributed by atoms with E-state index in [2.05, 4.69) is 4.74 Å². The minimum absolute atomic E-state index is 0.00886. The lowest BCUT2D eigenvalue weighted by Gasteiger charge is -2.21. The third kappa shape index (κ3) is 6.67. The number of esters is 1. The van der Waals surface area contributed by atoms with Crippen LogP contribution in [0.5, 0.6) is 0 Å². The molecule has 1 aromatic carbocycles. The van der Waals surface area contributed by atoms with Gasteiger partial charge in [-0.15, -0.1) is 0 Å². The standard InChI is InChI=1S/C20H23NO4/c1-24-20(23)13-7-3-6-12-19(22)21(16-18-11-8-14-25-18)15-17-9-4-2-5-10-17/h2-6,8-11,14H,7,12-13,15-16H2,1H3/b6-3-. The molecular weight excluding hydrogens is 318 g/mol. The van der Waals surface area contributed by atoms with Crippen molar-refractivity contribution in [3.8, 4) is 0 Å². The van der Waals surface area contributed by atoms with Crippen molar-refractivity contribution in [3.05, 3.63) is 72.2 Å². The summed E-state index contributed by atoms with van der Waals surface area (Å²) in [5.41, 5.74) is 1.07. The van der Waals surface area contributed by atoms with Gasteiger partial charge in [0.15, 0.2) is 0 Å². The maximum Gasteiger partial charge on any atom is 0.305 e. The fraction of sp³-hybridized carbons (Fsp3) is 0.300. The Morgan fingerprint density at radius 1 is 1.08 bits per heavy atom. The first kappa shape index (κ1) is 18.5. The number of allylic oxidation sites excluding steroid dienone is 1.